The summed E-state index contributed by atoms with van der Waals surface area (Å²) >= 11 is 0. The van der Waals surface area contributed by atoms with Gasteiger partial charge in [-0.1, -0.05) is 12.1 Å². The average molecular weight is 229 g/mol. The fraction of sp³-hybridized carbons (Fsp3) is 0.231. The van der Waals surface area contributed by atoms with Crippen LogP contribution in [0.5, 0.6) is 0 Å². The van der Waals surface area contributed by atoms with Gasteiger partial charge in [0.2, 0.25) is 0 Å². The lowest BCUT2D eigenvalue weighted by Crippen LogP contribution is -2.28. The van der Waals surface area contributed by atoms with Gasteiger partial charge in [0.15, 0.2) is 0 Å². The van der Waals surface area contributed by atoms with Crippen molar-refractivity contribution in [3.63, 3.8) is 0 Å². The lowest BCUT2D eigenvalue weighted by Gasteiger charge is -2.06. The molecule has 2 aromatic rings. The minimum atomic E-state index is 0.0119. The first-order valence-electron chi connectivity index (χ1n) is 5.62. The van der Waals surface area contributed by atoms with Crippen LogP contribution in [0.25, 0.3) is 0 Å². The highest BCUT2D eigenvalue weighted by molar-refractivity contribution is 5.03. The largest absolute Gasteiger partial charge is 0.302 e. The second-order valence-electron chi connectivity index (χ2n) is 3.74. The van der Waals surface area contributed by atoms with Gasteiger partial charge in [-0.3, -0.25) is 15.1 Å². The van der Waals surface area contributed by atoms with Gasteiger partial charge < -0.3 is 4.57 Å². The van der Waals surface area contributed by atoms with Gasteiger partial charge in [0.1, 0.15) is 0 Å². The zero-order valence-corrected chi connectivity index (χ0v) is 9.54. The van der Waals surface area contributed by atoms with Crippen LogP contribution in [0.3, 0.4) is 0 Å². The summed E-state index contributed by atoms with van der Waals surface area (Å²) in [5, 5.41) is 3.21. The number of hydrogen-bond donors (Lipinski definition) is 1. The number of rotatable bonds is 5. The summed E-state index contributed by atoms with van der Waals surface area (Å²) in [5.74, 6) is 0. The molecule has 0 fully saturated rings. The maximum Gasteiger partial charge on any atom is 0.251 e. The molecule has 0 saturated carbocycles. The number of nitrogens with one attached hydrogen (secondary N) is 1. The average Bonchev–Trinajstić information content (AvgIpc) is 2.38. The Balaban J connectivity index is 1.78. The van der Waals surface area contributed by atoms with E-state index < -0.39 is 0 Å². The van der Waals surface area contributed by atoms with Crippen LogP contribution in [-0.2, 0) is 13.1 Å². The Labute approximate surface area is 99.9 Å². The van der Waals surface area contributed by atoms with Crippen molar-refractivity contribution in [1.82, 2.24) is 14.9 Å². The molecule has 0 aliphatic heterocycles. The van der Waals surface area contributed by atoms with E-state index in [-0.39, 0.29) is 5.56 Å². The zero-order chi connectivity index (χ0) is 11.9. The molecule has 0 amide bonds. The van der Waals surface area contributed by atoms with Gasteiger partial charge in [-0.25, -0.2) is 0 Å². The van der Waals surface area contributed by atoms with Crippen LogP contribution in [0.2, 0.25) is 0 Å². The normalized spacial score (nSPS) is 10.4. The van der Waals surface area contributed by atoms with Gasteiger partial charge in [-0.15, -0.1) is 0 Å². The minimum absolute atomic E-state index is 0.0119. The molecule has 0 aliphatic carbocycles. The zero-order valence-electron chi connectivity index (χ0n) is 9.54. The monoisotopic (exact) mass is 229 g/mol. The van der Waals surface area contributed by atoms with Crippen molar-refractivity contribution in [3.8, 4) is 0 Å². The van der Waals surface area contributed by atoms with Gasteiger partial charge in [-0.05, 0) is 18.2 Å². The molecule has 0 atom stereocenters. The van der Waals surface area contributed by atoms with E-state index in [2.05, 4.69) is 10.3 Å². The van der Waals surface area contributed by atoms with Crippen LogP contribution in [0.1, 0.15) is 5.69 Å². The van der Waals surface area contributed by atoms with E-state index in [0.29, 0.717) is 6.67 Å². The third-order valence-electron chi connectivity index (χ3n) is 2.47. The van der Waals surface area contributed by atoms with Gasteiger partial charge in [-0.2, -0.15) is 0 Å². The van der Waals surface area contributed by atoms with E-state index in [1.807, 2.05) is 24.3 Å². The molecule has 0 radical (unpaired) electrons. The summed E-state index contributed by atoms with van der Waals surface area (Å²) in [7, 11) is 0. The van der Waals surface area contributed by atoms with E-state index in [1.165, 1.54) is 0 Å². The van der Waals surface area contributed by atoms with Crippen molar-refractivity contribution >= 4 is 0 Å². The van der Waals surface area contributed by atoms with Crippen LogP contribution in [0, 0.1) is 0 Å². The van der Waals surface area contributed by atoms with Crippen LogP contribution in [0.4, 0.5) is 0 Å². The molecule has 4 heteroatoms. The Morgan fingerprint density at radius 1 is 1.18 bits per heavy atom. The Kier molecular flexibility index (Phi) is 4.05. The second-order valence-corrected chi connectivity index (χ2v) is 3.74. The molecule has 0 aliphatic rings. The smallest absolute Gasteiger partial charge is 0.251 e. The Hall–Kier alpha value is -1.94. The lowest BCUT2D eigenvalue weighted by atomic mass is 10.3. The Morgan fingerprint density at radius 2 is 2.06 bits per heavy atom. The third kappa shape index (κ3) is 3.53. The predicted molar refractivity (Wildman–Crippen MR) is 66.6 cm³/mol. The summed E-state index contributed by atoms with van der Waals surface area (Å²) in [5.41, 5.74) is 1.07. The van der Waals surface area contributed by atoms with Crippen molar-refractivity contribution in [2.45, 2.75) is 13.1 Å². The maximum absolute atomic E-state index is 11.4. The van der Waals surface area contributed by atoms with Crippen LogP contribution in [0.15, 0.2) is 53.6 Å². The summed E-state index contributed by atoms with van der Waals surface area (Å²) in [4.78, 5) is 15.6. The van der Waals surface area contributed by atoms with E-state index in [9.17, 15) is 4.79 Å². The van der Waals surface area contributed by atoms with Crippen molar-refractivity contribution in [1.29, 1.82) is 0 Å². The highest BCUT2D eigenvalue weighted by Crippen LogP contribution is 1.92. The van der Waals surface area contributed by atoms with Gasteiger partial charge >= 0.3 is 0 Å². The second kappa shape index (κ2) is 5.96. The third-order valence-corrected chi connectivity index (χ3v) is 2.47. The minimum Gasteiger partial charge on any atom is -0.302 e. The molecule has 0 bridgehead atoms. The molecule has 0 unspecified atom stereocenters. The first-order chi connectivity index (χ1) is 8.36. The van der Waals surface area contributed by atoms with E-state index in [0.717, 1.165) is 18.7 Å². The van der Waals surface area contributed by atoms with Crippen molar-refractivity contribution < 1.29 is 0 Å². The molecule has 4 nitrogen and oxygen atoms in total. The summed E-state index contributed by atoms with van der Waals surface area (Å²) in [6.45, 7) is 1.34. The quantitative estimate of drug-likeness (QED) is 0.779. The number of pyridine rings is 2. The van der Waals surface area contributed by atoms with E-state index in [1.54, 1.807) is 29.1 Å². The molecule has 88 valence electrons. The lowest BCUT2D eigenvalue weighted by molar-refractivity contribution is 0.544. The summed E-state index contributed by atoms with van der Waals surface area (Å²) in [6.07, 6.45) is 4.43. The molecule has 1 N–H and O–H groups in total. The molecule has 0 saturated heterocycles. The predicted octanol–water partition coefficient (Wildman–Crippen LogP) is 1.03. The van der Waals surface area contributed by atoms with Crippen LogP contribution < -0.4 is 10.9 Å². The highest BCUT2D eigenvalue weighted by Gasteiger charge is 1.94. The molecule has 2 aromatic heterocycles. The Morgan fingerprint density at radius 3 is 2.82 bits per heavy atom. The SMILES string of the molecule is O=c1ccccn1CNCCc1ccccn1. The summed E-state index contributed by atoms with van der Waals surface area (Å²) in [6, 6.07) is 11.0. The first-order valence-corrected chi connectivity index (χ1v) is 5.62. The molecule has 0 spiro atoms. The highest BCUT2D eigenvalue weighted by atomic mass is 16.1. The fourth-order valence-corrected chi connectivity index (χ4v) is 1.55. The number of hydrogen-bond acceptors (Lipinski definition) is 3. The van der Waals surface area contributed by atoms with Gasteiger partial charge in [0, 0.05) is 37.1 Å². The molecule has 2 heterocycles. The van der Waals surface area contributed by atoms with Crippen molar-refractivity contribution in [2.75, 3.05) is 6.54 Å². The summed E-state index contributed by atoms with van der Waals surface area (Å²) < 4.78 is 1.64. The number of aromatic nitrogens is 2. The van der Waals surface area contributed by atoms with Gasteiger partial charge in [0.25, 0.3) is 5.56 Å². The van der Waals surface area contributed by atoms with Crippen molar-refractivity contribution in [2.24, 2.45) is 0 Å². The topological polar surface area (TPSA) is 46.9 Å². The number of nitrogens with zero attached hydrogens (tertiary/aromatic N) is 2. The maximum atomic E-state index is 11.4. The van der Waals surface area contributed by atoms with Gasteiger partial charge in [0.05, 0.1) is 6.67 Å². The fourth-order valence-electron chi connectivity index (χ4n) is 1.55. The molecular weight excluding hydrogens is 214 g/mol. The van der Waals surface area contributed by atoms with E-state index in [4.69, 9.17) is 0 Å². The molecular formula is C13H15N3O. The van der Waals surface area contributed by atoms with Crippen LogP contribution in [-0.4, -0.2) is 16.1 Å². The van der Waals surface area contributed by atoms with E-state index >= 15 is 0 Å². The first kappa shape index (κ1) is 11.5. The molecule has 17 heavy (non-hydrogen) atoms. The Bertz CT molecular complexity index is 507. The molecule has 0 aromatic carbocycles. The van der Waals surface area contributed by atoms with Crippen molar-refractivity contribution in [3.05, 3.63) is 64.8 Å². The van der Waals surface area contributed by atoms with Crippen LogP contribution >= 0.6 is 0 Å². The molecule has 2 rings (SSSR count). The standard InChI is InChI=1S/C13H15N3O/c17-13-6-2-4-10-16(13)11-14-9-7-12-5-1-3-8-15-12/h1-6,8,10,14H,7,9,11H2.